The molecule has 1 aromatic heterocycles. The van der Waals surface area contributed by atoms with E-state index in [4.69, 9.17) is 0 Å². The summed E-state index contributed by atoms with van der Waals surface area (Å²) in [6.07, 6.45) is 3.30. The first-order valence-corrected chi connectivity index (χ1v) is 7.26. The predicted molar refractivity (Wildman–Crippen MR) is 75.2 cm³/mol. The molecular formula is C14H22N4O2. The Kier molecular flexibility index (Phi) is 4.76. The van der Waals surface area contributed by atoms with Crippen LogP contribution >= 0.6 is 0 Å². The first-order chi connectivity index (χ1) is 9.67. The van der Waals surface area contributed by atoms with E-state index in [1.807, 2.05) is 13.8 Å². The minimum atomic E-state index is -0.0801. The van der Waals surface area contributed by atoms with Crippen LogP contribution in [0.4, 0.5) is 0 Å². The summed E-state index contributed by atoms with van der Waals surface area (Å²) in [5.41, 5.74) is 0.599. The maximum Gasteiger partial charge on any atom is 0.272 e. The van der Waals surface area contributed by atoms with Crippen LogP contribution in [-0.4, -0.2) is 46.1 Å². The molecule has 0 aliphatic carbocycles. The monoisotopic (exact) mass is 278 g/mol. The van der Waals surface area contributed by atoms with Gasteiger partial charge in [-0.05, 0) is 25.8 Å². The van der Waals surface area contributed by atoms with Crippen LogP contribution < -0.4 is 5.32 Å². The van der Waals surface area contributed by atoms with Crippen LogP contribution in [-0.2, 0) is 11.3 Å². The number of aryl methyl sites for hydroxylation is 1. The summed E-state index contributed by atoms with van der Waals surface area (Å²) in [6, 6.07) is 1.73. The lowest BCUT2D eigenvalue weighted by atomic mass is 10.1. The van der Waals surface area contributed by atoms with Gasteiger partial charge in [-0.15, -0.1) is 0 Å². The van der Waals surface area contributed by atoms with Gasteiger partial charge in [-0.2, -0.15) is 5.10 Å². The standard InChI is InChI=1S/C14H22N4O2/c1-3-7-15-13(19)11-6-9-17(10-11)14(20)12-5-8-16-18(12)4-2/h5,8,11H,3-4,6-7,9-10H2,1-2H3,(H,15,19). The molecule has 6 nitrogen and oxygen atoms in total. The van der Waals surface area contributed by atoms with Crippen LogP contribution in [0.1, 0.15) is 37.2 Å². The summed E-state index contributed by atoms with van der Waals surface area (Å²) < 4.78 is 1.69. The lowest BCUT2D eigenvalue weighted by molar-refractivity contribution is -0.124. The molecule has 2 amide bonds. The van der Waals surface area contributed by atoms with Crippen LogP contribution in [0.5, 0.6) is 0 Å². The van der Waals surface area contributed by atoms with E-state index in [0.717, 1.165) is 12.8 Å². The highest BCUT2D eigenvalue weighted by molar-refractivity contribution is 5.93. The van der Waals surface area contributed by atoms with E-state index in [9.17, 15) is 9.59 Å². The van der Waals surface area contributed by atoms with Gasteiger partial charge in [0.25, 0.3) is 5.91 Å². The van der Waals surface area contributed by atoms with E-state index in [0.29, 0.717) is 31.9 Å². The SMILES string of the molecule is CCCNC(=O)C1CCN(C(=O)c2ccnn2CC)C1. The maximum atomic E-state index is 12.4. The van der Waals surface area contributed by atoms with E-state index in [1.54, 1.807) is 21.8 Å². The summed E-state index contributed by atoms with van der Waals surface area (Å²) in [5.74, 6) is -0.0511. The van der Waals surface area contributed by atoms with Crippen molar-refractivity contribution in [3.05, 3.63) is 18.0 Å². The lowest BCUT2D eigenvalue weighted by Crippen LogP contribution is -2.35. The number of likely N-dealkylation sites (tertiary alicyclic amines) is 1. The zero-order chi connectivity index (χ0) is 14.5. The number of rotatable bonds is 5. The predicted octanol–water partition coefficient (Wildman–Crippen LogP) is 0.891. The first kappa shape index (κ1) is 14.6. The Balaban J connectivity index is 1.95. The number of aromatic nitrogens is 2. The molecule has 1 fully saturated rings. The van der Waals surface area contributed by atoms with E-state index >= 15 is 0 Å². The molecule has 6 heteroatoms. The number of nitrogens with one attached hydrogen (secondary N) is 1. The molecule has 2 heterocycles. The second kappa shape index (κ2) is 6.54. The fourth-order valence-electron chi connectivity index (χ4n) is 2.48. The molecule has 20 heavy (non-hydrogen) atoms. The van der Waals surface area contributed by atoms with Crippen LogP contribution in [0.2, 0.25) is 0 Å². The fraction of sp³-hybridized carbons (Fsp3) is 0.643. The summed E-state index contributed by atoms with van der Waals surface area (Å²) in [6.45, 7) is 6.49. The van der Waals surface area contributed by atoms with E-state index in [1.165, 1.54) is 0 Å². The van der Waals surface area contributed by atoms with Gasteiger partial charge in [0.05, 0.1) is 5.92 Å². The third-order valence-corrected chi connectivity index (χ3v) is 3.63. The van der Waals surface area contributed by atoms with Crippen molar-refractivity contribution in [1.29, 1.82) is 0 Å². The van der Waals surface area contributed by atoms with Crippen molar-refractivity contribution in [3.8, 4) is 0 Å². The number of nitrogens with zero attached hydrogens (tertiary/aromatic N) is 3. The minimum Gasteiger partial charge on any atom is -0.356 e. The summed E-state index contributed by atoms with van der Waals surface area (Å²) in [7, 11) is 0. The maximum absolute atomic E-state index is 12.4. The van der Waals surface area contributed by atoms with Gasteiger partial charge in [-0.1, -0.05) is 6.92 Å². The van der Waals surface area contributed by atoms with Crippen LogP contribution in [0.25, 0.3) is 0 Å². The molecule has 1 aliphatic rings. The van der Waals surface area contributed by atoms with Crippen LogP contribution in [0.15, 0.2) is 12.3 Å². The number of hydrogen-bond donors (Lipinski definition) is 1. The molecule has 0 radical (unpaired) electrons. The summed E-state index contributed by atoms with van der Waals surface area (Å²) in [4.78, 5) is 26.1. The van der Waals surface area contributed by atoms with Gasteiger partial charge in [0.1, 0.15) is 5.69 Å². The largest absolute Gasteiger partial charge is 0.356 e. The Morgan fingerprint density at radius 3 is 2.95 bits per heavy atom. The Hall–Kier alpha value is -1.85. The Morgan fingerprint density at radius 1 is 1.45 bits per heavy atom. The molecule has 1 aliphatic heterocycles. The van der Waals surface area contributed by atoms with Gasteiger partial charge in [0, 0.05) is 32.4 Å². The van der Waals surface area contributed by atoms with Crippen molar-refractivity contribution in [1.82, 2.24) is 20.0 Å². The second-order valence-corrected chi connectivity index (χ2v) is 5.06. The molecule has 1 saturated heterocycles. The van der Waals surface area contributed by atoms with Crippen molar-refractivity contribution in [3.63, 3.8) is 0 Å². The number of hydrogen-bond acceptors (Lipinski definition) is 3. The Morgan fingerprint density at radius 2 is 2.25 bits per heavy atom. The molecule has 1 unspecified atom stereocenters. The quantitative estimate of drug-likeness (QED) is 0.870. The van der Waals surface area contributed by atoms with Gasteiger partial charge in [0.2, 0.25) is 5.91 Å². The van der Waals surface area contributed by atoms with Gasteiger partial charge in [-0.25, -0.2) is 0 Å². The molecule has 1 N–H and O–H groups in total. The van der Waals surface area contributed by atoms with Gasteiger partial charge in [0.15, 0.2) is 0 Å². The highest BCUT2D eigenvalue weighted by Crippen LogP contribution is 2.19. The Labute approximate surface area is 119 Å². The second-order valence-electron chi connectivity index (χ2n) is 5.06. The van der Waals surface area contributed by atoms with Gasteiger partial charge in [-0.3, -0.25) is 14.3 Å². The van der Waals surface area contributed by atoms with E-state index in [2.05, 4.69) is 10.4 Å². The smallest absolute Gasteiger partial charge is 0.272 e. The highest BCUT2D eigenvalue weighted by atomic mass is 16.2. The zero-order valence-corrected chi connectivity index (χ0v) is 12.1. The lowest BCUT2D eigenvalue weighted by Gasteiger charge is -2.17. The van der Waals surface area contributed by atoms with Crippen LogP contribution in [0.3, 0.4) is 0 Å². The number of carbonyl (C=O) groups excluding carboxylic acids is 2. The van der Waals surface area contributed by atoms with Crippen molar-refractivity contribution in [2.75, 3.05) is 19.6 Å². The highest BCUT2D eigenvalue weighted by Gasteiger charge is 2.32. The zero-order valence-electron chi connectivity index (χ0n) is 12.1. The molecule has 1 aromatic rings. The van der Waals surface area contributed by atoms with Gasteiger partial charge < -0.3 is 10.2 Å². The van der Waals surface area contributed by atoms with E-state index < -0.39 is 0 Å². The third kappa shape index (κ3) is 3.00. The Bertz CT molecular complexity index is 483. The molecule has 110 valence electrons. The molecule has 0 aromatic carbocycles. The first-order valence-electron chi connectivity index (χ1n) is 7.26. The molecule has 2 rings (SSSR count). The average Bonchev–Trinajstić information content (AvgIpc) is 3.12. The van der Waals surface area contributed by atoms with Crippen molar-refractivity contribution in [2.24, 2.45) is 5.92 Å². The van der Waals surface area contributed by atoms with Crippen molar-refractivity contribution >= 4 is 11.8 Å². The van der Waals surface area contributed by atoms with Gasteiger partial charge >= 0.3 is 0 Å². The minimum absolute atomic E-state index is 0.0323. The van der Waals surface area contributed by atoms with E-state index in [-0.39, 0.29) is 17.7 Å². The topological polar surface area (TPSA) is 67.2 Å². The average molecular weight is 278 g/mol. The summed E-state index contributed by atoms with van der Waals surface area (Å²) in [5, 5.41) is 7.01. The van der Waals surface area contributed by atoms with Crippen molar-refractivity contribution in [2.45, 2.75) is 33.2 Å². The third-order valence-electron chi connectivity index (χ3n) is 3.63. The normalized spacial score (nSPS) is 18.3. The number of amides is 2. The fourth-order valence-corrected chi connectivity index (χ4v) is 2.48. The number of carbonyl (C=O) groups is 2. The molecule has 0 saturated carbocycles. The summed E-state index contributed by atoms with van der Waals surface area (Å²) >= 11 is 0. The molecule has 0 bridgehead atoms. The molecule has 0 spiro atoms. The van der Waals surface area contributed by atoms with Crippen LogP contribution in [0, 0.1) is 5.92 Å². The molecule has 1 atom stereocenters. The molecular weight excluding hydrogens is 256 g/mol. The van der Waals surface area contributed by atoms with Crippen molar-refractivity contribution < 1.29 is 9.59 Å².